The molecular formula is C34H38N4O. The highest BCUT2D eigenvalue weighted by atomic mass is 16.5. The predicted octanol–water partition coefficient (Wildman–Crippen LogP) is 7.47. The minimum atomic E-state index is 0.298. The second kappa shape index (κ2) is 11.9. The molecule has 5 nitrogen and oxygen atoms in total. The van der Waals surface area contributed by atoms with Gasteiger partial charge in [-0.15, -0.1) is 0 Å². The number of nitrogens with zero attached hydrogens (tertiary/aromatic N) is 1. The summed E-state index contributed by atoms with van der Waals surface area (Å²) < 4.78 is 5.73. The van der Waals surface area contributed by atoms with Gasteiger partial charge in [-0.1, -0.05) is 79.9 Å². The molecule has 0 saturated heterocycles. The Morgan fingerprint density at radius 3 is 2.46 bits per heavy atom. The van der Waals surface area contributed by atoms with Crippen LogP contribution >= 0.6 is 0 Å². The van der Waals surface area contributed by atoms with Gasteiger partial charge in [0.05, 0.1) is 12.6 Å². The minimum absolute atomic E-state index is 0.298. The molecule has 3 aromatic carbocycles. The standard InChI is InChI=1S/C34H38N4O/c1-39-33-21-34(37-30-19-11-9-17-27(30)33)38-32(25-14-6-3-7-15-25)23-35-22-28-26-16-8-10-18-29(26)36-31(28)20-24-12-4-2-5-13-24/h2,4-5,8-13,16-19,21,25,32,35-36H,3,6-7,14-15,20,22-23H2,1H3,(H,37,38). The quantitative estimate of drug-likeness (QED) is 0.179. The molecule has 5 aromatic rings. The van der Waals surface area contributed by atoms with Crippen LogP contribution in [-0.4, -0.2) is 29.7 Å². The van der Waals surface area contributed by atoms with Gasteiger partial charge >= 0.3 is 0 Å². The smallest absolute Gasteiger partial charge is 0.131 e. The van der Waals surface area contributed by atoms with Crippen molar-refractivity contribution >= 4 is 27.6 Å². The molecule has 2 aromatic heterocycles. The van der Waals surface area contributed by atoms with E-state index in [1.165, 1.54) is 59.8 Å². The van der Waals surface area contributed by atoms with E-state index < -0.39 is 0 Å². The fraction of sp³-hybridized carbons (Fsp3) is 0.324. The van der Waals surface area contributed by atoms with Crippen LogP contribution in [-0.2, 0) is 13.0 Å². The molecule has 0 bridgehead atoms. The first-order valence-electron chi connectivity index (χ1n) is 14.3. The number of H-pyrrole nitrogens is 1. The van der Waals surface area contributed by atoms with Crippen molar-refractivity contribution in [3.05, 3.63) is 102 Å². The van der Waals surface area contributed by atoms with Gasteiger partial charge in [0.25, 0.3) is 0 Å². The third-order valence-corrected chi connectivity index (χ3v) is 8.24. The van der Waals surface area contributed by atoms with Crippen molar-refractivity contribution in [2.24, 2.45) is 5.92 Å². The fourth-order valence-electron chi connectivity index (χ4n) is 6.21. The van der Waals surface area contributed by atoms with Gasteiger partial charge in [-0.25, -0.2) is 4.98 Å². The number of rotatable bonds is 10. The van der Waals surface area contributed by atoms with Crippen molar-refractivity contribution in [2.75, 3.05) is 19.0 Å². The molecular weight excluding hydrogens is 480 g/mol. The minimum Gasteiger partial charge on any atom is -0.496 e. The van der Waals surface area contributed by atoms with E-state index in [9.17, 15) is 0 Å². The van der Waals surface area contributed by atoms with Gasteiger partial charge in [0, 0.05) is 53.6 Å². The molecule has 1 fully saturated rings. The molecule has 0 spiro atoms. The Balaban J connectivity index is 1.23. The Morgan fingerprint density at radius 1 is 0.897 bits per heavy atom. The molecule has 0 aliphatic heterocycles. The van der Waals surface area contributed by atoms with Crippen LogP contribution in [0.25, 0.3) is 21.8 Å². The lowest BCUT2D eigenvalue weighted by Gasteiger charge is -2.32. The normalized spacial score (nSPS) is 15.0. The summed E-state index contributed by atoms with van der Waals surface area (Å²) in [5.74, 6) is 2.37. The first-order valence-corrected chi connectivity index (χ1v) is 14.3. The summed E-state index contributed by atoms with van der Waals surface area (Å²) in [7, 11) is 1.74. The van der Waals surface area contributed by atoms with Crippen molar-refractivity contribution in [2.45, 2.75) is 51.1 Å². The number of methoxy groups -OCH3 is 1. The van der Waals surface area contributed by atoms with Crippen LogP contribution in [0.3, 0.4) is 0 Å². The van der Waals surface area contributed by atoms with Gasteiger partial charge in [-0.3, -0.25) is 0 Å². The number of para-hydroxylation sites is 2. The molecule has 200 valence electrons. The van der Waals surface area contributed by atoms with E-state index in [0.29, 0.717) is 12.0 Å². The topological polar surface area (TPSA) is 62.0 Å². The number of pyridine rings is 1. The van der Waals surface area contributed by atoms with E-state index in [2.05, 4.69) is 88.4 Å². The average molecular weight is 519 g/mol. The Labute approximate surface area is 231 Å². The summed E-state index contributed by atoms with van der Waals surface area (Å²) >= 11 is 0. The molecule has 1 aliphatic rings. The predicted molar refractivity (Wildman–Crippen MR) is 162 cm³/mol. The number of aromatic amines is 1. The molecule has 39 heavy (non-hydrogen) atoms. The second-order valence-corrected chi connectivity index (χ2v) is 10.8. The van der Waals surface area contributed by atoms with Gasteiger partial charge in [-0.05, 0) is 48.1 Å². The second-order valence-electron chi connectivity index (χ2n) is 10.8. The number of fused-ring (bicyclic) bond motifs is 2. The van der Waals surface area contributed by atoms with Crippen molar-refractivity contribution in [3.8, 4) is 5.75 Å². The van der Waals surface area contributed by atoms with E-state index in [4.69, 9.17) is 9.72 Å². The van der Waals surface area contributed by atoms with Crippen molar-refractivity contribution in [1.82, 2.24) is 15.3 Å². The van der Waals surface area contributed by atoms with E-state index in [1.807, 2.05) is 12.1 Å². The van der Waals surface area contributed by atoms with Gasteiger partial charge in [0.15, 0.2) is 0 Å². The molecule has 1 saturated carbocycles. The highest BCUT2D eigenvalue weighted by Gasteiger charge is 2.24. The summed E-state index contributed by atoms with van der Waals surface area (Å²) in [6.07, 6.45) is 7.38. The highest BCUT2D eigenvalue weighted by molar-refractivity contribution is 5.87. The van der Waals surface area contributed by atoms with Gasteiger partial charge in [-0.2, -0.15) is 0 Å². The first-order chi connectivity index (χ1) is 19.3. The lowest BCUT2D eigenvalue weighted by molar-refractivity contribution is 0.310. The largest absolute Gasteiger partial charge is 0.496 e. The molecule has 5 heteroatoms. The zero-order valence-electron chi connectivity index (χ0n) is 22.7. The molecule has 1 aliphatic carbocycles. The Hall–Kier alpha value is -3.83. The molecule has 1 unspecified atom stereocenters. The van der Waals surface area contributed by atoms with Crippen LogP contribution in [0.1, 0.15) is 48.9 Å². The number of hydrogen-bond acceptors (Lipinski definition) is 4. The lowest BCUT2D eigenvalue weighted by atomic mass is 9.83. The zero-order chi connectivity index (χ0) is 26.4. The average Bonchev–Trinajstić information content (AvgIpc) is 3.33. The van der Waals surface area contributed by atoms with Gasteiger partial charge in [0.2, 0.25) is 0 Å². The number of benzene rings is 3. The van der Waals surface area contributed by atoms with Crippen LogP contribution in [0, 0.1) is 5.92 Å². The van der Waals surface area contributed by atoms with E-state index in [0.717, 1.165) is 42.0 Å². The molecule has 0 radical (unpaired) electrons. The molecule has 6 rings (SSSR count). The van der Waals surface area contributed by atoms with Crippen molar-refractivity contribution < 1.29 is 4.74 Å². The number of hydrogen-bond donors (Lipinski definition) is 3. The summed E-state index contributed by atoms with van der Waals surface area (Å²) in [6, 6.07) is 29.9. The summed E-state index contributed by atoms with van der Waals surface area (Å²) in [5.41, 5.74) is 6.14. The van der Waals surface area contributed by atoms with Crippen molar-refractivity contribution in [1.29, 1.82) is 0 Å². The molecule has 0 amide bonds. The summed E-state index contributed by atoms with van der Waals surface area (Å²) in [4.78, 5) is 8.66. The summed E-state index contributed by atoms with van der Waals surface area (Å²) in [5, 5.41) is 10.0. The molecule has 2 heterocycles. The Kier molecular flexibility index (Phi) is 7.78. The monoisotopic (exact) mass is 518 g/mol. The van der Waals surface area contributed by atoms with Gasteiger partial charge in [0.1, 0.15) is 11.6 Å². The van der Waals surface area contributed by atoms with E-state index in [1.54, 1.807) is 7.11 Å². The lowest BCUT2D eigenvalue weighted by Crippen LogP contribution is -2.40. The third-order valence-electron chi connectivity index (χ3n) is 8.24. The number of nitrogens with one attached hydrogen (secondary N) is 3. The van der Waals surface area contributed by atoms with Gasteiger partial charge < -0.3 is 20.4 Å². The van der Waals surface area contributed by atoms with Crippen molar-refractivity contribution in [3.63, 3.8) is 0 Å². The van der Waals surface area contributed by atoms with Crippen LogP contribution in [0.15, 0.2) is 84.9 Å². The Bertz CT molecular complexity index is 1520. The van der Waals surface area contributed by atoms with Crippen LogP contribution < -0.4 is 15.4 Å². The zero-order valence-corrected chi connectivity index (χ0v) is 22.7. The number of aromatic nitrogens is 2. The number of anilines is 1. The Morgan fingerprint density at radius 2 is 1.64 bits per heavy atom. The van der Waals surface area contributed by atoms with Crippen LogP contribution in [0.4, 0.5) is 5.82 Å². The molecule has 3 N–H and O–H groups in total. The summed E-state index contributed by atoms with van der Waals surface area (Å²) in [6.45, 7) is 1.71. The maximum Gasteiger partial charge on any atom is 0.131 e. The SMILES string of the molecule is COc1cc(NC(CNCc2c(Cc3ccccc3)[nH]c3ccccc23)C2CCCCC2)nc2ccccc12. The maximum atomic E-state index is 5.73. The van der Waals surface area contributed by atoms with Crippen LogP contribution in [0.2, 0.25) is 0 Å². The van der Waals surface area contributed by atoms with E-state index in [-0.39, 0.29) is 0 Å². The first kappa shape index (κ1) is 25.4. The number of ether oxygens (including phenoxy) is 1. The highest BCUT2D eigenvalue weighted by Crippen LogP contribution is 2.31. The van der Waals surface area contributed by atoms with E-state index >= 15 is 0 Å². The molecule has 1 atom stereocenters. The maximum absolute atomic E-state index is 5.73. The van der Waals surface area contributed by atoms with Crippen LogP contribution in [0.5, 0.6) is 5.75 Å². The third kappa shape index (κ3) is 5.79. The fourth-order valence-corrected chi connectivity index (χ4v) is 6.21.